The molecule has 3 rings (SSSR count). The molecule has 3 amide bonds. The van der Waals surface area contributed by atoms with Crippen LogP contribution in [0, 0.1) is 0 Å². The molecule has 2 saturated heterocycles. The number of carbonyl (C=O) groups excluding carboxylic acids is 3. The van der Waals surface area contributed by atoms with Gasteiger partial charge in [-0.15, -0.1) is 0 Å². The zero-order valence-corrected chi connectivity index (χ0v) is 14.3. The van der Waals surface area contributed by atoms with Gasteiger partial charge in [-0.2, -0.15) is 11.3 Å². The van der Waals surface area contributed by atoms with E-state index >= 15 is 0 Å². The summed E-state index contributed by atoms with van der Waals surface area (Å²) in [6, 6.07) is 1.48. The predicted molar refractivity (Wildman–Crippen MR) is 90.8 cm³/mol. The molecule has 0 saturated carbocycles. The predicted octanol–water partition coefficient (Wildman–Crippen LogP) is -0.0993. The van der Waals surface area contributed by atoms with E-state index < -0.39 is 0 Å². The maximum Gasteiger partial charge on any atom is 0.254 e. The van der Waals surface area contributed by atoms with E-state index in [1.165, 1.54) is 11.3 Å². The lowest BCUT2D eigenvalue weighted by atomic mass is 10.2. The number of hydrogen-bond donors (Lipinski definition) is 2. The van der Waals surface area contributed by atoms with E-state index in [1.807, 2.05) is 21.7 Å². The van der Waals surface area contributed by atoms with Gasteiger partial charge in [-0.05, 0) is 17.9 Å². The van der Waals surface area contributed by atoms with Crippen molar-refractivity contribution in [3.63, 3.8) is 0 Å². The van der Waals surface area contributed by atoms with Crippen molar-refractivity contribution < 1.29 is 14.4 Å². The van der Waals surface area contributed by atoms with Gasteiger partial charge in [0.25, 0.3) is 5.91 Å². The molecule has 2 aliphatic rings. The number of thiophene rings is 1. The van der Waals surface area contributed by atoms with Gasteiger partial charge in [0.1, 0.15) is 6.04 Å². The highest BCUT2D eigenvalue weighted by Crippen LogP contribution is 2.12. The van der Waals surface area contributed by atoms with E-state index in [0.717, 1.165) is 25.2 Å². The van der Waals surface area contributed by atoms with Crippen LogP contribution in [-0.4, -0.2) is 72.8 Å². The number of nitrogens with zero attached hydrogens (tertiary/aromatic N) is 2. The van der Waals surface area contributed by atoms with Crippen LogP contribution >= 0.6 is 11.3 Å². The lowest BCUT2D eigenvalue weighted by Gasteiger charge is -2.34. The Kier molecular flexibility index (Phi) is 5.47. The van der Waals surface area contributed by atoms with Crippen LogP contribution in [0.2, 0.25) is 0 Å². The monoisotopic (exact) mass is 350 g/mol. The van der Waals surface area contributed by atoms with Gasteiger partial charge in [-0.25, -0.2) is 0 Å². The minimum Gasteiger partial charge on any atom is -0.353 e. The van der Waals surface area contributed by atoms with Gasteiger partial charge in [-0.3, -0.25) is 19.3 Å². The molecule has 0 aromatic carbocycles. The third kappa shape index (κ3) is 4.12. The van der Waals surface area contributed by atoms with Gasteiger partial charge in [0.05, 0.1) is 5.56 Å². The second-order valence-electron chi connectivity index (χ2n) is 6.10. The van der Waals surface area contributed by atoms with Crippen molar-refractivity contribution in [1.29, 1.82) is 0 Å². The lowest BCUT2D eigenvalue weighted by Crippen LogP contribution is -2.51. The number of hydrogen-bond acceptors (Lipinski definition) is 5. The van der Waals surface area contributed by atoms with Gasteiger partial charge in [-0.1, -0.05) is 0 Å². The molecule has 0 bridgehead atoms. The van der Waals surface area contributed by atoms with Gasteiger partial charge in [0.15, 0.2) is 0 Å². The zero-order chi connectivity index (χ0) is 16.9. The molecule has 1 unspecified atom stereocenters. The van der Waals surface area contributed by atoms with Crippen molar-refractivity contribution in [2.75, 3.05) is 39.3 Å². The molecule has 1 aromatic heterocycles. The van der Waals surface area contributed by atoms with E-state index in [4.69, 9.17) is 0 Å². The molecular weight excluding hydrogens is 328 g/mol. The summed E-state index contributed by atoms with van der Waals surface area (Å²) in [7, 11) is 0. The van der Waals surface area contributed by atoms with Gasteiger partial charge in [0.2, 0.25) is 11.8 Å². The Hall–Kier alpha value is -1.93. The summed E-state index contributed by atoms with van der Waals surface area (Å²) in [4.78, 5) is 39.4. The molecule has 3 heterocycles. The maximum absolute atomic E-state index is 12.3. The highest BCUT2D eigenvalue weighted by molar-refractivity contribution is 7.08. The Balaban J connectivity index is 1.34. The third-order valence-electron chi connectivity index (χ3n) is 4.47. The van der Waals surface area contributed by atoms with Gasteiger partial charge >= 0.3 is 0 Å². The second kappa shape index (κ2) is 7.76. The van der Waals surface area contributed by atoms with E-state index in [2.05, 4.69) is 15.5 Å². The van der Waals surface area contributed by atoms with Crippen molar-refractivity contribution >= 4 is 29.1 Å². The summed E-state index contributed by atoms with van der Waals surface area (Å²) < 4.78 is 0. The normalized spacial score (nSPS) is 21.6. The van der Waals surface area contributed by atoms with Crippen molar-refractivity contribution in [3.8, 4) is 0 Å². The molecule has 1 aromatic rings. The van der Waals surface area contributed by atoms with Crippen LogP contribution in [0.4, 0.5) is 0 Å². The first kappa shape index (κ1) is 16.9. The van der Waals surface area contributed by atoms with Crippen molar-refractivity contribution in [1.82, 2.24) is 20.4 Å². The van der Waals surface area contributed by atoms with E-state index in [1.54, 1.807) is 0 Å². The summed E-state index contributed by atoms with van der Waals surface area (Å²) in [5, 5.41) is 9.34. The van der Waals surface area contributed by atoms with Crippen LogP contribution < -0.4 is 10.6 Å². The highest BCUT2D eigenvalue weighted by atomic mass is 32.1. The summed E-state index contributed by atoms with van der Waals surface area (Å²) in [5.41, 5.74) is 0.763. The zero-order valence-electron chi connectivity index (χ0n) is 13.5. The fourth-order valence-electron chi connectivity index (χ4n) is 3.01. The first-order chi connectivity index (χ1) is 11.6. The van der Waals surface area contributed by atoms with E-state index in [0.29, 0.717) is 32.5 Å². The molecule has 24 heavy (non-hydrogen) atoms. The summed E-state index contributed by atoms with van der Waals surface area (Å²) in [5.74, 6) is -0.0603. The van der Waals surface area contributed by atoms with Gasteiger partial charge in [0, 0.05) is 51.1 Å². The molecule has 8 heteroatoms. The number of nitrogens with one attached hydrogen (secondary N) is 2. The average molecular weight is 350 g/mol. The Morgan fingerprint density at radius 1 is 1.29 bits per heavy atom. The molecule has 0 radical (unpaired) electrons. The third-order valence-corrected chi connectivity index (χ3v) is 5.15. The number of carbonyl (C=O) groups is 3. The minimum absolute atomic E-state index is 0.0541. The quantitative estimate of drug-likeness (QED) is 0.777. The summed E-state index contributed by atoms with van der Waals surface area (Å²) in [6.07, 6.45) is 1.01. The standard InChI is InChI=1S/C16H22N4O3S/c21-14-2-1-13(18-14)15(22)17-4-5-19-6-8-20(9-7-19)16(23)12-3-10-24-11-12/h3,10-11,13H,1-2,4-9H2,(H,17,22)(H,18,21). The van der Waals surface area contributed by atoms with Crippen molar-refractivity contribution in [2.45, 2.75) is 18.9 Å². The molecule has 7 nitrogen and oxygen atoms in total. The smallest absolute Gasteiger partial charge is 0.254 e. The fourth-order valence-corrected chi connectivity index (χ4v) is 3.64. The Bertz CT molecular complexity index is 596. The highest BCUT2D eigenvalue weighted by Gasteiger charge is 2.27. The molecule has 130 valence electrons. The summed E-state index contributed by atoms with van der Waals surface area (Å²) >= 11 is 1.53. The summed E-state index contributed by atoms with van der Waals surface area (Å²) in [6.45, 7) is 4.36. The Labute approximate surface area is 145 Å². The largest absolute Gasteiger partial charge is 0.353 e. The molecule has 2 aliphatic heterocycles. The van der Waals surface area contributed by atoms with Crippen LogP contribution in [0.15, 0.2) is 16.8 Å². The van der Waals surface area contributed by atoms with Crippen LogP contribution in [0.3, 0.4) is 0 Å². The average Bonchev–Trinajstić information content (AvgIpc) is 3.26. The van der Waals surface area contributed by atoms with Crippen molar-refractivity contribution in [3.05, 3.63) is 22.4 Å². The van der Waals surface area contributed by atoms with Crippen LogP contribution in [-0.2, 0) is 9.59 Å². The maximum atomic E-state index is 12.3. The fraction of sp³-hybridized carbons (Fsp3) is 0.562. The van der Waals surface area contributed by atoms with Gasteiger partial charge < -0.3 is 15.5 Å². The van der Waals surface area contributed by atoms with E-state index in [9.17, 15) is 14.4 Å². The topological polar surface area (TPSA) is 81.8 Å². The Morgan fingerprint density at radius 3 is 2.71 bits per heavy atom. The van der Waals surface area contributed by atoms with Crippen LogP contribution in [0.25, 0.3) is 0 Å². The first-order valence-electron chi connectivity index (χ1n) is 8.24. The Morgan fingerprint density at radius 2 is 2.08 bits per heavy atom. The number of amides is 3. The van der Waals surface area contributed by atoms with Crippen LogP contribution in [0.5, 0.6) is 0 Å². The molecule has 0 aliphatic carbocycles. The minimum atomic E-state index is -0.377. The second-order valence-corrected chi connectivity index (χ2v) is 6.88. The first-order valence-corrected chi connectivity index (χ1v) is 9.18. The SMILES string of the molecule is O=C1CCC(C(=O)NCCN2CCN(C(=O)c3ccsc3)CC2)N1. The molecular formula is C16H22N4O3S. The molecule has 2 fully saturated rings. The molecule has 1 atom stereocenters. The number of piperazine rings is 1. The molecule has 0 spiro atoms. The molecule has 2 N–H and O–H groups in total. The van der Waals surface area contributed by atoms with Crippen molar-refractivity contribution in [2.24, 2.45) is 0 Å². The van der Waals surface area contributed by atoms with E-state index in [-0.39, 0.29) is 23.8 Å². The lowest BCUT2D eigenvalue weighted by molar-refractivity contribution is -0.125. The number of rotatable bonds is 5. The van der Waals surface area contributed by atoms with Crippen LogP contribution in [0.1, 0.15) is 23.2 Å².